The van der Waals surface area contributed by atoms with Crippen molar-refractivity contribution < 1.29 is 26.1 Å². The van der Waals surface area contributed by atoms with E-state index in [-0.39, 0.29) is 45.9 Å². The molecule has 0 saturated carbocycles. The Bertz CT molecular complexity index is 268. The molecule has 0 saturated heterocycles. The van der Waals surface area contributed by atoms with Crippen LogP contribution in [0.15, 0.2) is 30.9 Å². The summed E-state index contributed by atoms with van der Waals surface area (Å²) in [5, 5.41) is 0. The molecule has 4 heteroatoms. The maximum atomic E-state index is 12.6. The molecule has 0 heterocycles. The normalized spacial score (nSPS) is 8.36. The van der Waals surface area contributed by atoms with Gasteiger partial charge in [-0.2, -0.15) is 12.1 Å². The molecule has 0 unspecified atom stereocenters. The molecular weight excluding hydrogens is 259 g/mol. The summed E-state index contributed by atoms with van der Waals surface area (Å²) in [6, 6.07) is 7.18. The minimum Gasteiger partial charge on any atom is -1.00 e. The molecule has 1 nitrogen and oxygen atoms in total. The zero-order valence-electron chi connectivity index (χ0n) is 7.80. The second-order valence-corrected chi connectivity index (χ2v) is 2.34. The Labute approximate surface area is 110 Å². The monoisotopic (exact) mass is 268 g/mol. The van der Waals surface area contributed by atoms with Gasteiger partial charge in [-0.1, -0.05) is 6.08 Å². The van der Waals surface area contributed by atoms with Crippen LogP contribution in [-0.4, -0.2) is 29.7 Å². The fourth-order valence-electron chi connectivity index (χ4n) is 0.820. The SMILES string of the molecule is C=CCOCc1[c-]ccc(F)c1.[Br-].[Mg+2]. The smallest absolute Gasteiger partial charge is 1.00 e. The predicted molar refractivity (Wildman–Crippen MR) is 50.8 cm³/mol. The average molecular weight is 269 g/mol. The number of hydrogen-bond acceptors (Lipinski definition) is 1. The number of hydrogen-bond donors (Lipinski definition) is 0. The zero-order valence-corrected chi connectivity index (χ0v) is 10.8. The van der Waals surface area contributed by atoms with E-state index < -0.39 is 0 Å². The fourth-order valence-corrected chi connectivity index (χ4v) is 0.820. The Balaban J connectivity index is 0. The van der Waals surface area contributed by atoms with E-state index in [1.54, 1.807) is 12.1 Å². The van der Waals surface area contributed by atoms with Gasteiger partial charge in [0.05, 0.1) is 6.61 Å². The van der Waals surface area contributed by atoms with Crippen molar-refractivity contribution in [3.63, 3.8) is 0 Å². The molecule has 0 atom stereocenters. The van der Waals surface area contributed by atoms with Gasteiger partial charge < -0.3 is 21.7 Å². The van der Waals surface area contributed by atoms with Gasteiger partial charge >= 0.3 is 23.1 Å². The molecule has 72 valence electrons. The molecule has 14 heavy (non-hydrogen) atoms. The van der Waals surface area contributed by atoms with E-state index in [1.807, 2.05) is 0 Å². The Morgan fingerprint density at radius 3 is 2.86 bits per heavy atom. The van der Waals surface area contributed by atoms with E-state index in [9.17, 15) is 4.39 Å². The maximum Gasteiger partial charge on any atom is 2.00 e. The largest absolute Gasteiger partial charge is 2.00 e. The number of benzene rings is 1. The summed E-state index contributed by atoms with van der Waals surface area (Å²) in [6.45, 7) is 4.36. The molecule has 0 aromatic heterocycles. The number of halogens is 2. The molecule has 0 amide bonds. The van der Waals surface area contributed by atoms with Gasteiger partial charge in [0.25, 0.3) is 0 Å². The van der Waals surface area contributed by atoms with Gasteiger partial charge in [0.1, 0.15) is 0 Å². The summed E-state index contributed by atoms with van der Waals surface area (Å²) < 4.78 is 17.7. The first-order valence-electron chi connectivity index (χ1n) is 3.67. The van der Waals surface area contributed by atoms with Crippen molar-refractivity contribution in [2.45, 2.75) is 6.61 Å². The van der Waals surface area contributed by atoms with Crippen LogP contribution in [0.4, 0.5) is 4.39 Å². The number of ether oxygens (including phenoxy) is 1. The van der Waals surface area contributed by atoms with E-state index >= 15 is 0 Å². The Hall–Kier alpha value is 0.0962. The van der Waals surface area contributed by atoms with Crippen LogP contribution in [0, 0.1) is 11.9 Å². The van der Waals surface area contributed by atoms with Crippen molar-refractivity contribution in [2.75, 3.05) is 6.61 Å². The standard InChI is InChI=1S/C10H10FO.BrH.Mg/c1-2-6-12-8-9-4-3-5-10(11)7-9;;/h2-3,5,7H,1,6,8H2;1H;/q-1;;+2/p-1. The van der Waals surface area contributed by atoms with Crippen LogP contribution in [0.25, 0.3) is 0 Å². The van der Waals surface area contributed by atoms with E-state index in [1.165, 1.54) is 12.1 Å². The van der Waals surface area contributed by atoms with Crippen LogP contribution < -0.4 is 17.0 Å². The molecule has 0 aliphatic rings. The summed E-state index contributed by atoms with van der Waals surface area (Å²) in [6.07, 6.45) is 1.65. The van der Waals surface area contributed by atoms with Gasteiger partial charge in [-0.25, -0.2) is 4.39 Å². The van der Waals surface area contributed by atoms with Crippen LogP contribution in [0.1, 0.15) is 5.56 Å². The fraction of sp³-hybridized carbons (Fsp3) is 0.200. The van der Waals surface area contributed by atoms with Gasteiger partial charge in [0.15, 0.2) is 0 Å². The first-order chi connectivity index (χ1) is 5.83. The van der Waals surface area contributed by atoms with Crippen LogP contribution >= 0.6 is 0 Å². The second kappa shape index (κ2) is 9.64. The molecule has 1 aromatic carbocycles. The van der Waals surface area contributed by atoms with Crippen molar-refractivity contribution in [3.8, 4) is 0 Å². The molecule has 0 N–H and O–H groups in total. The van der Waals surface area contributed by atoms with Crippen LogP contribution in [0.2, 0.25) is 0 Å². The molecule has 0 aliphatic heterocycles. The minimum absolute atomic E-state index is 0. The average Bonchev–Trinajstić information content (AvgIpc) is 2.05. The molecule has 1 rings (SSSR count). The third-order valence-corrected chi connectivity index (χ3v) is 1.32. The van der Waals surface area contributed by atoms with Gasteiger partial charge in [0, 0.05) is 12.4 Å². The van der Waals surface area contributed by atoms with E-state index in [0.29, 0.717) is 13.2 Å². The Morgan fingerprint density at radius 2 is 2.29 bits per heavy atom. The van der Waals surface area contributed by atoms with Crippen molar-refractivity contribution in [1.29, 1.82) is 0 Å². The van der Waals surface area contributed by atoms with Crippen molar-refractivity contribution >= 4 is 23.1 Å². The second-order valence-electron chi connectivity index (χ2n) is 2.34. The van der Waals surface area contributed by atoms with Crippen molar-refractivity contribution in [3.05, 3.63) is 48.3 Å². The maximum absolute atomic E-state index is 12.6. The third-order valence-electron chi connectivity index (χ3n) is 1.32. The molecule has 1 aromatic rings. The summed E-state index contributed by atoms with van der Waals surface area (Å²) in [5.41, 5.74) is 0.719. The molecule has 0 fully saturated rings. The van der Waals surface area contributed by atoms with Gasteiger partial charge in [0.2, 0.25) is 0 Å². The summed E-state index contributed by atoms with van der Waals surface area (Å²) in [5.74, 6) is -0.258. The Kier molecular flexibility index (Phi) is 11.4. The molecule has 0 bridgehead atoms. The third kappa shape index (κ3) is 6.54. The Morgan fingerprint density at radius 1 is 1.57 bits per heavy atom. The van der Waals surface area contributed by atoms with Crippen LogP contribution in [0.5, 0.6) is 0 Å². The zero-order chi connectivity index (χ0) is 8.81. The van der Waals surface area contributed by atoms with Gasteiger partial charge in [-0.05, 0) is 0 Å². The quantitative estimate of drug-likeness (QED) is 0.293. The first-order valence-corrected chi connectivity index (χ1v) is 3.67. The molecular formula is C10H10BrFMgO. The van der Waals surface area contributed by atoms with Crippen LogP contribution in [-0.2, 0) is 11.3 Å². The van der Waals surface area contributed by atoms with E-state index in [4.69, 9.17) is 4.74 Å². The summed E-state index contributed by atoms with van der Waals surface area (Å²) in [7, 11) is 0. The van der Waals surface area contributed by atoms with Gasteiger partial charge in [-0.15, -0.1) is 24.3 Å². The van der Waals surface area contributed by atoms with E-state index in [2.05, 4.69) is 12.6 Å². The first kappa shape index (κ1) is 16.5. The summed E-state index contributed by atoms with van der Waals surface area (Å²) >= 11 is 0. The topological polar surface area (TPSA) is 9.23 Å². The predicted octanol–water partition coefficient (Wildman–Crippen LogP) is -1.05. The van der Waals surface area contributed by atoms with Crippen LogP contribution in [0.3, 0.4) is 0 Å². The van der Waals surface area contributed by atoms with Gasteiger partial charge in [-0.3, -0.25) is 0 Å². The number of rotatable bonds is 4. The molecule has 0 radical (unpaired) electrons. The summed E-state index contributed by atoms with van der Waals surface area (Å²) in [4.78, 5) is 0. The molecule has 0 aliphatic carbocycles. The minimum atomic E-state index is -0.258. The van der Waals surface area contributed by atoms with Crippen molar-refractivity contribution in [2.24, 2.45) is 0 Å². The van der Waals surface area contributed by atoms with Crippen molar-refractivity contribution in [1.82, 2.24) is 0 Å². The molecule has 0 spiro atoms. The van der Waals surface area contributed by atoms with E-state index in [0.717, 1.165) is 5.56 Å².